The second-order valence-electron chi connectivity index (χ2n) is 4.69. The van der Waals surface area contributed by atoms with Gasteiger partial charge >= 0.3 is 60.4 Å². The Bertz CT molecular complexity index is 423. The van der Waals surface area contributed by atoms with E-state index in [1.165, 1.54) is 0 Å². The van der Waals surface area contributed by atoms with Gasteiger partial charge in [0.2, 0.25) is 0 Å². The summed E-state index contributed by atoms with van der Waals surface area (Å²) in [5, 5.41) is 18.8. The number of hydrogen-bond acceptors (Lipinski definition) is 2. The minimum absolute atomic E-state index is 0. The Morgan fingerprint density at radius 2 is 1.52 bits per heavy atom. The van der Waals surface area contributed by atoms with Gasteiger partial charge in [-0.1, -0.05) is 62.9 Å². The molecule has 0 heterocycles. The molecule has 1 aromatic carbocycles. The van der Waals surface area contributed by atoms with Gasteiger partial charge in [-0.15, -0.1) is 0 Å². The number of carboxylic acids is 2. The molecule has 1 rings (SSSR count). The fourth-order valence-electron chi connectivity index (χ4n) is 2.24. The third-order valence-electron chi connectivity index (χ3n) is 3.40. The predicted octanol–water partition coefficient (Wildman–Crippen LogP) is 1.77. The molecular formula is C15H22LiNaO4. The van der Waals surface area contributed by atoms with Crippen molar-refractivity contribution in [3.63, 3.8) is 0 Å². The Balaban J connectivity index is 0. The maximum atomic E-state index is 11.5. The van der Waals surface area contributed by atoms with E-state index in [1.807, 2.05) is 0 Å². The molecule has 0 aliphatic heterocycles. The van der Waals surface area contributed by atoms with Crippen molar-refractivity contribution in [3.8, 4) is 0 Å². The average molecular weight is 296 g/mol. The van der Waals surface area contributed by atoms with Crippen LogP contribution in [-0.4, -0.2) is 70.6 Å². The minimum atomic E-state index is -1.82. The number of hydrogen-bond donors (Lipinski definition) is 2. The molecule has 6 heteroatoms. The third-order valence-corrected chi connectivity index (χ3v) is 3.40. The molecule has 0 aliphatic rings. The maximum absolute atomic E-state index is 11.5. The molecular weight excluding hydrogens is 274 g/mol. The molecule has 21 heavy (non-hydrogen) atoms. The summed E-state index contributed by atoms with van der Waals surface area (Å²) >= 11 is 0. The van der Waals surface area contributed by atoms with Crippen LogP contribution in [0.5, 0.6) is 0 Å². The summed E-state index contributed by atoms with van der Waals surface area (Å²) in [5.74, 6) is -2.58. The number of aliphatic carboxylic acids is 2. The van der Waals surface area contributed by atoms with E-state index in [0.717, 1.165) is 19.3 Å². The van der Waals surface area contributed by atoms with Crippen molar-refractivity contribution in [1.82, 2.24) is 0 Å². The number of carboxylic acid groups (broad SMARTS) is 2. The van der Waals surface area contributed by atoms with E-state index in [0.29, 0.717) is 12.0 Å². The molecule has 0 amide bonds. The quantitative estimate of drug-likeness (QED) is 0.435. The molecule has 108 valence electrons. The molecule has 2 N–H and O–H groups in total. The Kier molecular flexibility index (Phi) is 12.4. The molecule has 0 aromatic heterocycles. The van der Waals surface area contributed by atoms with Crippen LogP contribution in [0.2, 0.25) is 0 Å². The predicted molar refractivity (Wildman–Crippen MR) is 86.4 cm³/mol. The van der Waals surface area contributed by atoms with Gasteiger partial charge in [0.1, 0.15) is 0 Å². The monoisotopic (exact) mass is 296 g/mol. The van der Waals surface area contributed by atoms with E-state index in [9.17, 15) is 19.8 Å². The molecule has 0 unspecified atom stereocenters. The molecule has 0 fully saturated rings. The van der Waals surface area contributed by atoms with Crippen molar-refractivity contribution in [2.75, 3.05) is 0 Å². The fraction of sp³-hybridized carbons (Fsp3) is 0.467. The van der Waals surface area contributed by atoms with Gasteiger partial charge in [-0.3, -0.25) is 9.59 Å². The molecule has 0 radical (unpaired) electrons. The SMILES string of the molecule is CCCCCCC(C(=O)O)(C(=O)O)c1ccccc1.[LiH].[NaH]. The molecule has 4 nitrogen and oxygen atoms in total. The molecule has 0 aliphatic carbocycles. The van der Waals surface area contributed by atoms with Crippen molar-refractivity contribution in [1.29, 1.82) is 0 Å². The van der Waals surface area contributed by atoms with Crippen molar-refractivity contribution >= 4 is 60.4 Å². The molecule has 0 spiro atoms. The standard InChI is InChI=1S/C15H20O4.Li.Na.2H/c1-2-3-4-8-11-15(13(16)17,14(18)19)12-9-6-5-7-10-12;;;;/h5-7,9-10H,2-4,8,11H2,1H3,(H,16,17)(H,18,19);;;;. The number of benzene rings is 1. The van der Waals surface area contributed by atoms with E-state index in [4.69, 9.17) is 0 Å². The van der Waals surface area contributed by atoms with Crippen LogP contribution in [0.3, 0.4) is 0 Å². The van der Waals surface area contributed by atoms with Crippen LogP contribution in [0.15, 0.2) is 30.3 Å². The van der Waals surface area contributed by atoms with Gasteiger partial charge in [-0.05, 0) is 12.0 Å². The van der Waals surface area contributed by atoms with Crippen LogP contribution in [0, 0.1) is 0 Å². The van der Waals surface area contributed by atoms with Crippen LogP contribution in [0.1, 0.15) is 44.6 Å². The van der Waals surface area contributed by atoms with Crippen LogP contribution in [-0.2, 0) is 15.0 Å². The zero-order valence-electron chi connectivity index (χ0n) is 11.1. The van der Waals surface area contributed by atoms with Crippen molar-refractivity contribution in [2.24, 2.45) is 0 Å². The third kappa shape index (κ3) is 5.81. The van der Waals surface area contributed by atoms with Gasteiger partial charge in [-0.25, -0.2) is 0 Å². The van der Waals surface area contributed by atoms with Gasteiger partial charge in [-0.2, -0.15) is 0 Å². The molecule has 0 saturated heterocycles. The fourth-order valence-corrected chi connectivity index (χ4v) is 2.24. The van der Waals surface area contributed by atoms with Gasteiger partial charge < -0.3 is 10.2 Å². The zero-order chi connectivity index (χ0) is 14.3. The summed E-state index contributed by atoms with van der Waals surface area (Å²) in [5.41, 5.74) is -1.49. The second kappa shape index (κ2) is 11.3. The average Bonchev–Trinajstić information content (AvgIpc) is 2.39. The normalized spacial score (nSPS) is 10.1. The first-order chi connectivity index (χ1) is 9.05. The van der Waals surface area contributed by atoms with E-state index in [1.54, 1.807) is 30.3 Å². The zero-order valence-corrected chi connectivity index (χ0v) is 11.1. The Morgan fingerprint density at radius 3 is 1.95 bits per heavy atom. The Hall–Kier alpha value is -0.243. The van der Waals surface area contributed by atoms with E-state index >= 15 is 0 Å². The second-order valence-corrected chi connectivity index (χ2v) is 4.69. The van der Waals surface area contributed by atoms with Crippen molar-refractivity contribution in [3.05, 3.63) is 35.9 Å². The molecule has 1 aromatic rings. The van der Waals surface area contributed by atoms with Crippen LogP contribution in [0.4, 0.5) is 0 Å². The first-order valence-corrected chi connectivity index (χ1v) is 6.58. The van der Waals surface area contributed by atoms with Crippen LogP contribution < -0.4 is 0 Å². The summed E-state index contributed by atoms with van der Waals surface area (Å²) in [4.78, 5) is 23.1. The summed E-state index contributed by atoms with van der Waals surface area (Å²) in [6, 6.07) is 8.23. The first kappa shape index (κ1) is 23.0. The van der Waals surface area contributed by atoms with Gasteiger partial charge in [0.05, 0.1) is 0 Å². The van der Waals surface area contributed by atoms with Gasteiger partial charge in [0, 0.05) is 0 Å². The van der Waals surface area contributed by atoms with E-state index in [-0.39, 0.29) is 54.8 Å². The Labute approximate surface area is 159 Å². The molecule has 0 atom stereocenters. The Morgan fingerprint density at radius 1 is 1.00 bits per heavy atom. The number of unbranched alkanes of at least 4 members (excludes halogenated alkanes) is 3. The van der Waals surface area contributed by atoms with Crippen LogP contribution in [0.25, 0.3) is 0 Å². The summed E-state index contributed by atoms with van der Waals surface area (Å²) in [6.45, 7) is 2.05. The van der Waals surface area contributed by atoms with Crippen molar-refractivity contribution < 1.29 is 19.8 Å². The van der Waals surface area contributed by atoms with E-state index in [2.05, 4.69) is 6.92 Å². The van der Waals surface area contributed by atoms with Crippen LogP contribution >= 0.6 is 0 Å². The van der Waals surface area contributed by atoms with Crippen molar-refractivity contribution in [2.45, 2.75) is 44.4 Å². The summed E-state index contributed by atoms with van der Waals surface area (Å²) in [6.07, 6.45) is 3.59. The molecule has 0 saturated carbocycles. The summed E-state index contributed by atoms with van der Waals surface area (Å²) in [7, 11) is 0. The number of carbonyl (C=O) groups is 2. The van der Waals surface area contributed by atoms with Gasteiger partial charge in [0.15, 0.2) is 5.41 Å². The summed E-state index contributed by atoms with van der Waals surface area (Å²) < 4.78 is 0. The van der Waals surface area contributed by atoms with E-state index < -0.39 is 17.4 Å². The first-order valence-electron chi connectivity index (χ1n) is 6.58. The number of rotatable bonds is 8. The van der Waals surface area contributed by atoms with Gasteiger partial charge in [0.25, 0.3) is 0 Å². The molecule has 0 bridgehead atoms. The topological polar surface area (TPSA) is 74.6 Å².